The Bertz CT molecular complexity index is 1030. The molecule has 3 heteroatoms. The van der Waals surface area contributed by atoms with Crippen molar-refractivity contribution in [3.63, 3.8) is 0 Å². The molecule has 150 valence electrons. The number of nitrogens with zero attached hydrogens (tertiary/aromatic N) is 1. The summed E-state index contributed by atoms with van der Waals surface area (Å²) in [7, 11) is 2.38. The molecule has 0 fully saturated rings. The van der Waals surface area contributed by atoms with Crippen LogP contribution in [0.3, 0.4) is 0 Å². The van der Waals surface area contributed by atoms with Crippen molar-refractivity contribution in [2.24, 2.45) is 4.99 Å². The highest BCUT2D eigenvalue weighted by atomic mass is 31.1. The minimum atomic E-state index is -0.146. The monoisotopic (exact) mass is 403 g/mol. The van der Waals surface area contributed by atoms with Crippen molar-refractivity contribution in [3.8, 4) is 5.75 Å². The Kier molecular flexibility index (Phi) is 6.55. The van der Waals surface area contributed by atoms with Crippen LogP contribution >= 0.6 is 8.58 Å². The Labute approximate surface area is 176 Å². The summed E-state index contributed by atoms with van der Waals surface area (Å²) in [5.74, 6) is 0.384. The molecule has 0 amide bonds. The van der Waals surface area contributed by atoms with Crippen LogP contribution in [0.25, 0.3) is 0 Å². The molecule has 2 nitrogen and oxygen atoms in total. The normalized spacial score (nSPS) is 14.3. The molecule has 0 saturated carbocycles. The highest BCUT2D eigenvalue weighted by Gasteiger charge is 2.30. The Morgan fingerprint density at radius 2 is 1.72 bits per heavy atom. The molecule has 0 aromatic heterocycles. The topological polar surface area (TPSA) is 32.6 Å². The third-order valence-electron chi connectivity index (χ3n) is 5.65. The van der Waals surface area contributed by atoms with Gasteiger partial charge in [0.2, 0.25) is 0 Å². The van der Waals surface area contributed by atoms with E-state index in [4.69, 9.17) is 0 Å². The molecule has 0 aliphatic carbocycles. The zero-order chi connectivity index (χ0) is 21.0. The van der Waals surface area contributed by atoms with Crippen molar-refractivity contribution in [2.45, 2.75) is 39.3 Å². The number of hydrogen-bond donors (Lipinski definition) is 1. The maximum absolute atomic E-state index is 10.6. The maximum Gasteiger partial charge on any atom is 0.119 e. The van der Waals surface area contributed by atoms with Crippen LogP contribution in [0, 0.1) is 13.8 Å². The summed E-state index contributed by atoms with van der Waals surface area (Å²) in [5, 5.41) is 11.8. The first-order valence-corrected chi connectivity index (χ1v) is 11.1. The first-order valence-electron chi connectivity index (χ1n) is 10.1. The quantitative estimate of drug-likeness (QED) is 0.391. The third-order valence-corrected chi connectivity index (χ3v) is 7.74. The van der Waals surface area contributed by atoms with E-state index >= 15 is 0 Å². The van der Waals surface area contributed by atoms with Crippen LogP contribution in [0.4, 0.5) is 0 Å². The molecule has 0 radical (unpaired) electrons. The second-order valence-corrected chi connectivity index (χ2v) is 9.62. The van der Waals surface area contributed by atoms with Gasteiger partial charge in [0, 0.05) is 28.9 Å². The second-order valence-electron chi connectivity index (χ2n) is 7.77. The lowest BCUT2D eigenvalue weighted by Crippen LogP contribution is -2.24. The van der Waals surface area contributed by atoms with Crippen molar-refractivity contribution in [2.75, 3.05) is 7.05 Å². The summed E-state index contributed by atoms with van der Waals surface area (Å²) in [6.07, 6.45) is 0.945. The summed E-state index contributed by atoms with van der Waals surface area (Å²) in [6, 6.07) is 22.8. The van der Waals surface area contributed by atoms with E-state index in [9.17, 15) is 5.11 Å². The van der Waals surface area contributed by atoms with Crippen LogP contribution in [-0.4, -0.2) is 17.9 Å². The number of aryl methyl sites for hydroxylation is 2. The van der Waals surface area contributed by atoms with E-state index in [0.29, 0.717) is 14.3 Å². The predicted octanol–water partition coefficient (Wildman–Crippen LogP) is 6.11. The highest BCUT2D eigenvalue weighted by molar-refractivity contribution is 7.49. The fourth-order valence-electron chi connectivity index (χ4n) is 3.75. The molecule has 29 heavy (non-hydrogen) atoms. The molecule has 3 aromatic carbocycles. The van der Waals surface area contributed by atoms with Crippen LogP contribution in [0.15, 0.2) is 71.7 Å². The summed E-state index contributed by atoms with van der Waals surface area (Å²) in [5.41, 5.74) is 6.80. The van der Waals surface area contributed by atoms with Gasteiger partial charge in [-0.2, -0.15) is 0 Å². The van der Waals surface area contributed by atoms with Crippen LogP contribution in [0.1, 0.15) is 48.1 Å². The number of rotatable bonds is 6. The molecule has 3 aromatic rings. The van der Waals surface area contributed by atoms with E-state index in [0.717, 1.165) is 23.3 Å². The maximum atomic E-state index is 10.6. The average molecular weight is 404 g/mol. The molecule has 2 unspecified atom stereocenters. The van der Waals surface area contributed by atoms with Crippen LogP contribution in [-0.2, 0) is 5.16 Å². The second kappa shape index (κ2) is 8.93. The lowest BCUT2D eigenvalue weighted by atomic mass is 9.95. The number of aromatic hydroxyl groups is 1. The number of phenolic OH excluding ortho intramolecular Hbond substituents is 1. The van der Waals surface area contributed by atoms with Gasteiger partial charge in [0.1, 0.15) is 5.75 Å². The minimum Gasteiger partial charge on any atom is -0.508 e. The Morgan fingerprint density at radius 3 is 2.38 bits per heavy atom. The van der Waals surface area contributed by atoms with Crippen molar-refractivity contribution >= 4 is 19.6 Å². The van der Waals surface area contributed by atoms with Gasteiger partial charge in [-0.05, 0) is 37.2 Å². The summed E-state index contributed by atoms with van der Waals surface area (Å²) >= 11 is 0. The van der Waals surface area contributed by atoms with E-state index in [2.05, 4.69) is 81.2 Å². The zero-order valence-electron chi connectivity index (χ0n) is 18.0. The van der Waals surface area contributed by atoms with E-state index < -0.39 is 0 Å². The molecule has 0 saturated heterocycles. The van der Waals surface area contributed by atoms with Gasteiger partial charge in [-0.3, -0.25) is 4.99 Å². The predicted molar refractivity (Wildman–Crippen MR) is 128 cm³/mol. The summed E-state index contributed by atoms with van der Waals surface area (Å²) in [4.78, 5) is 4.66. The molecule has 0 heterocycles. The SMILES string of the molecule is CCC(C)(Pc1c(C)cccc1C(=NC)c1ccccc1)c1cc(C)ccc1O. The lowest BCUT2D eigenvalue weighted by molar-refractivity contribution is 0.456. The van der Waals surface area contributed by atoms with Gasteiger partial charge in [-0.25, -0.2) is 0 Å². The van der Waals surface area contributed by atoms with Crippen LogP contribution < -0.4 is 5.30 Å². The molecule has 0 spiro atoms. The Hall–Kier alpha value is -2.44. The Balaban J connectivity index is 2.13. The number of hydrogen-bond acceptors (Lipinski definition) is 2. The largest absolute Gasteiger partial charge is 0.508 e. The van der Waals surface area contributed by atoms with Crippen LogP contribution in [0.5, 0.6) is 5.75 Å². The van der Waals surface area contributed by atoms with Gasteiger partial charge in [0.25, 0.3) is 0 Å². The lowest BCUT2D eigenvalue weighted by Gasteiger charge is -2.32. The molecule has 0 aliphatic rings. The van der Waals surface area contributed by atoms with Crippen LogP contribution in [0.2, 0.25) is 0 Å². The van der Waals surface area contributed by atoms with Gasteiger partial charge in [-0.15, -0.1) is 0 Å². The van der Waals surface area contributed by atoms with Gasteiger partial charge in [0.05, 0.1) is 5.71 Å². The molecular weight excluding hydrogens is 373 g/mol. The molecule has 1 N–H and O–H groups in total. The van der Waals surface area contributed by atoms with Gasteiger partial charge >= 0.3 is 0 Å². The van der Waals surface area contributed by atoms with E-state index in [1.807, 2.05) is 25.2 Å². The first-order chi connectivity index (χ1) is 13.9. The number of benzene rings is 3. The smallest absolute Gasteiger partial charge is 0.119 e. The number of aliphatic imine (C=N–C) groups is 1. The Morgan fingerprint density at radius 1 is 1.00 bits per heavy atom. The van der Waals surface area contributed by atoms with Crippen molar-refractivity contribution < 1.29 is 5.11 Å². The summed E-state index contributed by atoms with van der Waals surface area (Å²) < 4.78 is 0. The summed E-state index contributed by atoms with van der Waals surface area (Å²) in [6.45, 7) is 8.73. The van der Waals surface area contributed by atoms with E-state index in [1.54, 1.807) is 0 Å². The fraction of sp³-hybridized carbons (Fsp3) is 0.269. The molecule has 0 aliphatic heterocycles. The molecule has 2 atom stereocenters. The van der Waals surface area contributed by atoms with Crippen molar-refractivity contribution in [1.82, 2.24) is 0 Å². The fourth-order valence-corrected chi connectivity index (χ4v) is 5.43. The number of phenols is 1. The van der Waals surface area contributed by atoms with Crippen molar-refractivity contribution in [3.05, 3.63) is 94.5 Å². The third kappa shape index (κ3) is 4.43. The van der Waals surface area contributed by atoms with Gasteiger partial charge in [-0.1, -0.05) is 88.7 Å². The van der Waals surface area contributed by atoms with Gasteiger partial charge < -0.3 is 5.11 Å². The minimum absolute atomic E-state index is 0.146. The highest BCUT2D eigenvalue weighted by Crippen LogP contribution is 2.48. The standard InChI is InChI=1S/C26H30NOP/c1-6-26(4,22-17-18(2)15-16-23(22)28)29-25-19(3)11-10-14-21(25)24(27-5)20-12-8-7-9-13-20/h7-17,28-29H,6H2,1-5H3. The van der Waals surface area contributed by atoms with Crippen molar-refractivity contribution in [1.29, 1.82) is 0 Å². The first kappa shape index (κ1) is 21.3. The molecule has 0 bridgehead atoms. The van der Waals surface area contributed by atoms with E-state index in [-0.39, 0.29) is 5.16 Å². The van der Waals surface area contributed by atoms with E-state index in [1.165, 1.54) is 22.0 Å². The molecular formula is C26H30NOP. The average Bonchev–Trinajstić information content (AvgIpc) is 2.73. The molecule has 3 rings (SSSR count). The zero-order valence-corrected chi connectivity index (χ0v) is 19.0. The van der Waals surface area contributed by atoms with Gasteiger partial charge in [0.15, 0.2) is 0 Å².